The maximum Gasteiger partial charge on any atom is 0.143 e. The monoisotopic (exact) mass is 259 g/mol. The van der Waals surface area contributed by atoms with Crippen LogP contribution in [0.25, 0.3) is 0 Å². The summed E-state index contributed by atoms with van der Waals surface area (Å²) in [6.45, 7) is 0. The van der Waals surface area contributed by atoms with Crippen molar-refractivity contribution in [3.05, 3.63) is 18.2 Å². The third-order valence-corrected chi connectivity index (χ3v) is 5.30. The Balaban J connectivity index is 1.62. The highest BCUT2D eigenvalue weighted by atomic mass is 16.5. The standard InChI is InChI=1S/C16H21NO2/c17-14-6-13(18)1-2-15(14)19-16-7-10-3-11(8-16)5-12(4-10)9-16/h1-2,6,10-12,18H,3-5,7-9,17H2. The fourth-order valence-corrected chi connectivity index (χ4v) is 5.02. The van der Waals surface area contributed by atoms with Crippen LogP contribution >= 0.6 is 0 Å². The van der Waals surface area contributed by atoms with Gasteiger partial charge in [0.15, 0.2) is 0 Å². The normalized spacial score (nSPS) is 39.5. The minimum atomic E-state index is 0.0276. The van der Waals surface area contributed by atoms with Crippen molar-refractivity contribution < 1.29 is 9.84 Å². The van der Waals surface area contributed by atoms with E-state index in [9.17, 15) is 5.11 Å². The fourth-order valence-electron chi connectivity index (χ4n) is 5.02. The molecule has 102 valence electrons. The van der Waals surface area contributed by atoms with E-state index >= 15 is 0 Å². The summed E-state index contributed by atoms with van der Waals surface area (Å²) in [5.41, 5.74) is 6.54. The highest BCUT2D eigenvalue weighted by Crippen LogP contribution is 2.57. The molecule has 1 aromatic rings. The predicted molar refractivity (Wildman–Crippen MR) is 74.1 cm³/mol. The lowest BCUT2D eigenvalue weighted by Crippen LogP contribution is -2.53. The molecule has 0 heterocycles. The molecule has 4 saturated carbocycles. The molecule has 4 bridgehead atoms. The quantitative estimate of drug-likeness (QED) is 0.801. The van der Waals surface area contributed by atoms with Gasteiger partial charge in [-0.2, -0.15) is 0 Å². The van der Waals surface area contributed by atoms with Crippen LogP contribution in [0.2, 0.25) is 0 Å². The third kappa shape index (κ3) is 1.87. The zero-order valence-electron chi connectivity index (χ0n) is 11.1. The average molecular weight is 259 g/mol. The second-order valence-corrected chi connectivity index (χ2v) is 6.92. The molecule has 3 heteroatoms. The fraction of sp³-hybridized carbons (Fsp3) is 0.625. The summed E-state index contributed by atoms with van der Waals surface area (Å²) in [4.78, 5) is 0. The summed E-state index contributed by atoms with van der Waals surface area (Å²) in [6.07, 6.45) is 7.81. The lowest BCUT2D eigenvalue weighted by Gasteiger charge is -2.56. The predicted octanol–water partition coefficient (Wildman–Crippen LogP) is 3.32. The Kier molecular flexibility index (Phi) is 2.30. The first-order chi connectivity index (χ1) is 9.12. The van der Waals surface area contributed by atoms with Crippen LogP contribution in [0.15, 0.2) is 18.2 Å². The Hall–Kier alpha value is -1.38. The smallest absolute Gasteiger partial charge is 0.143 e. The summed E-state index contributed by atoms with van der Waals surface area (Å²) in [5.74, 6) is 3.55. The number of phenols is 1. The zero-order chi connectivity index (χ0) is 13.0. The molecular weight excluding hydrogens is 238 g/mol. The van der Waals surface area contributed by atoms with Gasteiger partial charge < -0.3 is 15.6 Å². The van der Waals surface area contributed by atoms with Crippen LogP contribution in [0.3, 0.4) is 0 Å². The van der Waals surface area contributed by atoms with Crippen molar-refractivity contribution in [1.82, 2.24) is 0 Å². The lowest BCUT2D eigenvalue weighted by molar-refractivity contribution is -0.107. The maximum absolute atomic E-state index is 9.43. The van der Waals surface area contributed by atoms with E-state index in [0.29, 0.717) is 5.69 Å². The summed E-state index contributed by atoms with van der Waals surface area (Å²) in [6, 6.07) is 5.05. The summed E-state index contributed by atoms with van der Waals surface area (Å²) in [5, 5.41) is 9.43. The van der Waals surface area contributed by atoms with Gasteiger partial charge in [-0.15, -0.1) is 0 Å². The Morgan fingerprint density at radius 1 is 1.05 bits per heavy atom. The number of phenolic OH excluding ortho intramolecular Hbond substituents is 1. The van der Waals surface area contributed by atoms with Crippen molar-refractivity contribution in [1.29, 1.82) is 0 Å². The van der Waals surface area contributed by atoms with Gasteiger partial charge in [0.1, 0.15) is 17.1 Å². The molecule has 0 spiro atoms. The van der Waals surface area contributed by atoms with E-state index in [-0.39, 0.29) is 11.4 Å². The van der Waals surface area contributed by atoms with E-state index in [2.05, 4.69) is 0 Å². The number of nitrogen functional groups attached to an aromatic ring is 1. The van der Waals surface area contributed by atoms with Gasteiger partial charge in [0.05, 0.1) is 5.69 Å². The number of aromatic hydroxyl groups is 1. The van der Waals surface area contributed by atoms with Gasteiger partial charge in [-0.3, -0.25) is 0 Å². The van der Waals surface area contributed by atoms with E-state index < -0.39 is 0 Å². The first kappa shape index (κ1) is 11.4. The Morgan fingerprint density at radius 3 is 2.16 bits per heavy atom. The summed E-state index contributed by atoms with van der Waals surface area (Å²) >= 11 is 0. The van der Waals surface area contributed by atoms with Gasteiger partial charge >= 0.3 is 0 Å². The minimum Gasteiger partial charge on any atom is -0.508 e. The molecule has 3 N–H and O–H groups in total. The summed E-state index contributed by atoms with van der Waals surface area (Å²) < 4.78 is 6.36. The molecule has 5 rings (SSSR count). The average Bonchev–Trinajstić information content (AvgIpc) is 2.31. The third-order valence-electron chi connectivity index (χ3n) is 5.30. The van der Waals surface area contributed by atoms with Crippen LogP contribution < -0.4 is 10.5 Å². The minimum absolute atomic E-state index is 0.0276. The van der Waals surface area contributed by atoms with Gasteiger partial charge in [0.25, 0.3) is 0 Å². The molecule has 4 aliphatic rings. The molecule has 0 aromatic heterocycles. The van der Waals surface area contributed by atoms with Crippen LogP contribution in [0.1, 0.15) is 38.5 Å². The van der Waals surface area contributed by atoms with Crippen LogP contribution in [-0.2, 0) is 0 Å². The second kappa shape index (κ2) is 3.81. The molecule has 0 atom stereocenters. The number of nitrogens with two attached hydrogens (primary N) is 1. The van der Waals surface area contributed by atoms with Gasteiger partial charge in [-0.1, -0.05) is 0 Å². The van der Waals surface area contributed by atoms with Crippen molar-refractivity contribution in [3.63, 3.8) is 0 Å². The lowest BCUT2D eigenvalue weighted by atomic mass is 9.54. The van der Waals surface area contributed by atoms with E-state index in [1.807, 2.05) is 6.07 Å². The molecule has 4 fully saturated rings. The number of anilines is 1. The molecule has 19 heavy (non-hydrogen) atoms. The van der Waals surface area contributed by atoms with Crippen molar-refractivity contribution in [2.45, 2.75) is 44.1 Å². The molecular formula is C16H21NO2. The number of rotatable bonds is 2. The summed E-state index contributed by atoms with van der Waals surface area (Å²) in [7, 11) is 0. The number of benzene rings is 1. The number of ether oxygens (including phenoxy) is 1. The maximum atomic E-state index is 9.43. The largest absolute Gasteiger partial charge is 0.508 e. The zero-order valence-corrected chi connectivity index (χ0v) is 11.1. The highest BCUT2D eigenvalue weighted by Gasteiger charge is 2.52. The molecule has 4 aliphatic carbocycles. The molecule has 0 radical (unpaired) electrons. The highest BCUT2D eigenvalue weighted by molar-refractivity contribution is 5.56. The Labute approximate surface area is 113 Å². The topological polar surface area (TPSA) is 55.5 Å². The van der Waals surface area contributed by atoms with Gasteiger partial charge in [-0.25, -0.2) is 0 Å². The number of hydrogen-bond acceptors (Lipinski definition) is 3. The van der Waals surface area contributed by atoms with E-state index in [1.54, 1.807) is 12.1 Å². The second-order valence-electron chi connectivity index (χ2n) is 6.92. The first-order valence-corrected chi connectivity index (χ1v) is 7.39. The van der Waals surface area contributed by atoms with E-state index in [1.165, 1.54) is 38.5 Å². The van der Waals surface area contributed by atoms with Crippen molar-refractivity contribution in [2.24, 2.45) is 17.8 Å². The number of hydrogen-bond donors (Lipinski definition) is 2. The first-order valence-electron chi connectivity index (χ1n) is 7.39. The molecule has 1 aromatic carbocycles. The van der Waals surface area contributed by atoms with Crippen molar-refractivity contribution in [3.8, 4) is 11.5 Å². The van der Waals surface area contributed by atoms with Crippen LogP contribution in [-0.4, -0.2) is 10.7 Å². The van der Waals surface area contributed by atoms with Crippen LogP contribution in [0, 0.1) is 17.8 Å². The molecule has 3 nitrogen and oxygen atoms in total. The van der Waals surface area contributed by atoms with Crippen LogP contribution in [0.4, 0.5) is 5.69 Å². The molecule has 0 aliphatic heterocycles. The Morgan fingerprint density at radius 2 is 1.63 bits per heavy atom. The Bertz CT molecular complexity index is 476. The van der Waals surface area contributed by atoms with Crippen LogP contribution in [0.5, 0.6) is 11.5 Å². The van der Waals surface area contributed by atoms with Crippen molar-refractivity contribution in [2.75, 3.05) is 5.73 Å². The van der Waals surface area contributed by atoms with E-state index in [0.717, 1.165) is 23.5 Å². The SMILES string of the molecule is Nc1cc(O)ccc1OC12CC3CC(CC(C3)C1)C2. The van der Waals surface area contributed by atoms with Crippen molar-refractivity contribution >= 4 is 5.69 Å². The van der Waals surface area contributed by atoms with Gasteiger partial charge in [0.2, 0.25) is 0 Å². The van der Waals surface area contributed by atoms with Gasteiger partial charge in [-0.05, 0) is 68.4 Å². The van der Waals surface area contributed by atoms with Gasteiger partial charge in [0, 0.05) is 6.07 Å². The molecule has 0 saturated heterocycles. The molecule has 0 unspecified atom stereocenters. The van der Waals surface area contributed by atoms with E-state index in [4.69, 9.17) is 10.5 Å². The molecule has 0 amide bonds.